The molecule has 0 atom stereocenters. The van der Waals surface area contributed by atoms with Gasteiger partial charge in [0.15, 0.2) is 16.7 Å². The second-order valence-electron chi connectivity index (χ2n) is 7.15. The van der Waals surface area contributed by atoms with Gasteiger partial charge in [-0.25, -0.2) is 0 Å². The molecule has 8 nitrogen and oxygen atoms in total. The van der Waals surface area contributed by atoms with E-state index in [4.69, 9.17) is 13.9 Å². The van der Waals surface area contributed by atoms with E-state index >= 15 is 0 Å². The van der Waals surface area contributed by atoms with Gasteiger partial charge in [0.25, 0.3) is 5.91 Å². The van der Waals surface area contributed by atoms with Crippen LogP contribution in [0.15, 0.2) is 77.2 Å². The number of carbonyl (C=O) groups is 1. The van der Waals surface area contributed by atoms with Crippen molar-refractivity contribution in [3.05, 3.63) is 79.5 Å². The number of benzene rings is 2. The maximum Gasteiger partial charge on any atom is 0.267 e. The minimum Gasteiger partial charge on any atom is -0.506 e. The maximum absolute atomic E-state index is 13.3. The number of furan rings is 1. The number of halogens is 2. The largest absolute Gasteiger partial charge is 0.506 e. The number of amidine groups is 1. The van der Waals surface area contributed by atoms with Crippen LogP contribution >= 0.6 is 43.6 Å². The average molecular weight is 621 g/mol. The van der Waals surface area contributed by atoms with E-state index in [1.165, 1.54) is 22.9 Å². The molecule has 3 aromatic rings. The summed E-state index contributed by atoms with van der Waals surface area (Å²) in [5.41, 5.74) is 1.23. The molecule has 0 unspecified atom stereocenters. The number of methoxy groups -OCH3 is 2. The summed E-state index contributed by atoms with van der Waals surface area (Å²) < 4.78 is 17.4. The fourth-order valence-electron chi connectivity index (χ4n) is 3.20. The van der Waals surface area contributed by atoms with Crippen molar-refractivity contribution in [1.82, 2.24) is 4.90 Å². The lowest BCUT2D eigenvalue weighted by Gasteiger charge is -2.12. The van der Waals surface area contributed by atoms with Gasteiger partial charge < -0.3 is 19.0 Å². The molecule has 0 aliphatic carbocycles. The highest BCUT2D eigenvalue weighted by Crippen LogP contribution is 2.36. The molecule has 1 saturated heterocycles. The number of carbonyl (C=O) groups excluding carboxylic acids is 1. The number of hydrogen-bond acceptors (Lipinski definition) is 8. The molecule has 2 aromatic carbocycles. The number of phenolic OH excluding ortho intramolecular Hbond substituents is 1. The molecule has 1 aliphatic rings. The van der Waals surface area contributed by atoms with Gasteiger partial charge in [0.05, 0.1) is 42.6 Å². The number of ether oxygens (including phenoxy) is 2. The van der Waals surface area contributed by atoms with Crippen LogP contribution in [0.2, 0.25) is 0 Å². The first kappa shape index (κ1) is 25.1. The minimum absolute atomic E-state index is 0.0359. The number of hydrogen-bond donors (Lipinski definition) is 1. The Hall–Kier alpha value is -3.02. The zero-order valence-corrected chi connectivity index (χ0v) is 22.6. The summed E-state index contributed by atoms with van der Waals surface area (Å²) in [5.74, 6) is 1.57. The summed E-state index contributed by atoms with van der Waals surface area (Å²) in [5, 5.41) is 19.0. The number of thioether (sulfide) groups is 1. The van der Waals surface area contributed by atoms with Crippen molar-refractivity contribution >= 4 is 67.0 Å². The number of nitrogens with zero attached hydrogens (tertiary/aromatic N) is 3. The predicted octanol–water partition coefficient (Wildman–Crippen LogP) is 6.03. The van der Waals surface area contributed by atoms with Crippen molar-refractivity contribution in [2.24, 2.45) is 10.2 Å². The fourth-order valence-corrected chi connectivity index (χ4v) is 5.39. The first-order chi connectivity index (χ1) is 16.9. The number of phenols is 1. The van der Waals surface area contributed by atoms with E-state index < -0.39 is 0 Å². The van der Waals surface area contributed by atoms with Crippen molar-refractivity contribution in [1.29, 1.82) is 0 Å². The third-order valence-electron chi connectivity index (χ3n) is 4.89. The normalized spacial score (nSPS) is 16.1. The third kappa shape index (κ3) is 5.80. The monoisotopic (exact) mass is 619 g/mol. The van der Waals surface area contributed by atoms with Gasteiger partial charge in [0, 0.05) is 10.0 Å². The van der Waals surface area contributed by atoms with E-state index in [9.17, 15) is 9.90 Å². The zero-order chi connectivity index (χ0) is 24.9. The SMILES string of the molecule is COc1ccc(/C=C2\S/C(=N/N=C\c3cc(Br)cc(Br)c3O)N(Cc3ccco3)C2=O)cc1OC. The van der Waals surface area contributed by atoms with Gasteiger partial charge in [-0.1, -0.05) is 22.0 Å². The summed E-state index contributed by atoms with van der Waals surface area (Å²) in [7, 11) is 3.12. The molecule has 11 heteroatoms. The van der Waals surface area contributed by atoms with Crippen LogP contribution in [0.1, 0.15) is 16.9 Å². The van der Waals surface area contributed by atoms with Crippen LogP contribution in [0.25, 0.3) is 6.08 Å². The molecule has 0 spiro atoms. The van der Waals surface area contributed by atoms with Crippen LogP contribution in [0.4, 0.5) is 0 Å². The Kier molecular flexibility index (Phi) is 7.99. The zero-order valence-electron chi connectivity index (χ0n) is 18.6. The lowest BCUT2D eigenvalue weighted by molar-refractivity contribution is -0.122. The van der Waals surface area contributed by atoms with Crippen LogP contribution in [-0.4, -0.2) is 41.5 Å². The molecular weight excluding hydrogens is 602 g/mol. The van der Waals surface area contributed by atoms with Gasteiger partial charge in [-0.05, 0) is 75.7 Å². The Labute approximate surface area is 222 Å². The van der Waals surface area contributed by atoms with Crippen LogP contribution < -0.4 is 9.47 Å². The van der Waals surface area contributed by atoms with E-state index in [1.807, 2.05) is 6.07 Å². The van der Waals surface area contributed by atoms with Gasteiger partial charge in [0.2, 0.25) is 0 Å². The van der Waals surface area contributed by atoms with E-state index in [0.29, 0.717) is 37.4 Å². The first-order valence-corrected chi connectivity index (χ1v) is 12.5. The van der Waals surface area contributed by atoms with E-state index in [0.717, 1.165) is 10.0 Å². The minimum atomic E-state index is -0.233. The lowest BCUT2D eigenvalue weighted by Crippen LogP contribution is -2.28. The fraction of sp³-hybridized carbons (Fsp3) is 0.125. The van der Waals surface area contributed by atoms with Crippen molar-refractivity contribution in [2.75, 3.05) is 14.2 Å². The molecule has 0 radical (unpaired) electrons. The Morgan fingerprint density at radius 3 is 2.66 bits per heavy atom. The molecule has 180 valence electrons. The second-order valence-corrected chi connectivity index (χ2v) is 9.93. The van der Waals surface area contributed by atoms with E-state index in [-0.39, 0.29) is 18.2 Å². The highest BCUT2D eigenvalue weighted by atomic mass is 79.9. The van der Waals surface area contributed by atoms with E-state index in [2.05, 4.69) is 42.1 Å². The van der Waals surface area contributed by atoms with Crippen LogP contribution in [0, 0.1) is 0 Å². The molecule has 1 aromatic heterocycles. The standard InChI is InChI=1S/C24H19Br2N3O5S/c1-32-19-6-5-14(8-20(19)33-2)9-21-23(31)29(13-17-4-3-7-34-17)24(35-21)28-27-12-15-10-16(25)11-18(26)22(15)30/h3-12,30H,13H2,1-2H3/b21-9-,27-12-,28-24+. The summed E-state index contributed by atoms with van der Waals surface area (Å²) in [6, 6.07) is 12.4. The first-order valence-electron chi connectivity index (χ1n) is 10.1. The Morgan fingerprint density at radius 2 is 1.94 bits per heavy atom. The van der Waals surface area contributed by atoms with Gasteiger partial charge >= 0.3 is 0 Å². The molecule has 2 heterocycles. The van der Waals surface area contributed by atoms with Crippen LogP contribution in [0.3, 0.4) is 0 Å². The number of aromatic hydroxyl groups is 1. The maximum atomic E-state index is 13.3. The van der Waals surface area contributed by atoms with Crippen LogP contribution in [0.5, 0.6) is 17.2 Å². The molecule has 1 N–H and O–H groups in total. The Morgan fingerprint density at radius 1 is 1.14 bits per heavy atom. The molecule has 4 rings (SSSR count). The summed E-state index contributed by atoms with van der Waals surface area (Å²) in [6.45, 7) is 0.199. The lowest BCUT2D eigenvalue weighted by atomic mass is 10.2. The van der Waals surface area contributed by atoms with Crippen molar-refractivity contribution in [3.8, 4) is 17.2 Å². The van der Waals surface area contributed by atoms with Crippen LogP contribution in [-0.2, 0) is 11.3 Å². The van der Waals surface area contributed by atoms with Gasteiger partial charge in [-0.2, -0.15) is 5.10 Å². The molecule has 0 saturated carbocycles. The third-order valence-corrected chi connectivity index (χ3v) is 6.94. The molecule has 1 fully saturated rings. The Bertz CT molecular complexity index is 1340. The topological polar surface area (TPSA) is 96.9 Å². The molecule has 35 heavy (non-hydrogen) atoms. The number of rotatable bonds is 7. The molecule has 1 amide bonds. The smallest absolute Gasteiger partial charge is 0.267 e. The highest BCUT2D eigenvalue weighted by molar-refractivity contribution is 9.11. The van der Waals surface area contributed by atoms with Crippen molar-refractivity contribution < 1.29 is 23.8 Å². The summed E-state index contributed by atoms with van der Waals surface area (Å²) >= 11 is 7.87. The van der Waals surface area contributed by atoms with Gasteiger partial charge in [-0.15, -0.1) is 5.10 Å². The molecule has 1 aliphatic heterocycles. The predicted molar refractivity (Wildman–Crippen MR) is 143 cm³/mol. The molecule has 0 bridgehead atoms. The molecular formula is C24H19Br2N3O5S. The Balaban J connectivity index is 1.66. The van der Waals surface area contributed by atoms with Crippen molar-refractivity contribution in [2.45, 2.75) is 6.54 Å². The van der Waals surface area contributed by atoms with Gasteiger partial charge in [-0.3, -0.25) is 9.69 Å². The highest BCUT2D eigenvalue weighted by Gasteiger charge is 2.34. The summed E-state index contributed by atoms with van der Waals surface area (Å²) in [6.07, 6.45) is 4.73. The number of amides is 1. The average Bonchev–Trinajstić information content (AvgIpc) is 3.46. The summed E-state index contributed by atoms with van der Waals surface area (Å²) in [4.78, 5) is 15.2. The van der Waals surface area contributed by atoms with E-state index in [1.54, 1.807) is 63.0 Å². The quantitative estimate of drug-likeness (QED) is 0.197. The van der Waals surface area contributed by atoms with Gasteiger partial charge in [0.1, 0.15) is 11.5 Å². The second kappa shape index (κ2) is 11.1. The van der Waals surface area contributed by atoms with Crippen molar-refractivity contribution in [3.63, 3.8) is 0 Å².